The minimum Gasteiger partial charge on any atom is -0.469 e. The summed E-state index contributed by atoms with van der Waals surface area (Å²) in [5, 5.41) is 0. The summed E-state index contributed by atoms with van der Waals surface area (Å²) in [5.41, 5.74) is -2.12. The van der Waals surface area contributed by atoms with E-state index in [1.54, 1.807) is 30.4 Å². The van der Waals surface area contributed by atoms with Gasteiger partial charge in [-0.15, -0.1) is 23.5 Å². The average Bonchev–Trinajstić information content (AvgIpc) is 3.23. The van der Waals surface area contributed by atoms with Crippen molar-refractivity contribution in [3.8, 4) is 0 Å². The molecule has 4 fully saturated rings. The molecule has 2 aliphatic carbocycles. The second-order valence-corrected chi connectivity index (χ2v) is 12.4. The number of rotatable bonds is 4. The van der Waals surface area contributed by atoms with Gasteiger partial charge in [-0.2, -0.15) is 0 Å². The van der Waals surface area contributed by atoms with Crippen LogP contribution < -0.4 is 0 Å². The molecule has 0 aromatic carbocycles. The molecule has 2 aliphatic heterocycles. The second-order valence-electron chi connectivity index (χ2n) is 9.26. The first kappa shape index (κ1) is 23.9. The van der Waals surface area contributed by atoms with Crippen molar-refractivity contribution in [2.75, 3.05) is 39.4 Å². The maximum atomic E-state index is 13.6. The Labute approximate surface area is 196 Å². The summed E-state index contributed by atoms with van der Waals surface area (Å²) in [6.07, 6.45) is 1.59. The fraction of sp³-hybridized carbons (Fsp3) is 0.818. The highest BCUT2D eigenvalue weighted by atomic mass is 32.2. The largest absolute Gasteiger partial charge is 0.469 e. The van der Waals surface area contributed by atoms with Crippen LogP contribution in [0.4, 0.5) is 0 Å². The third-order valence-corrected chi connectivity index (χ3v) is 11.5. The third-order valence-electron chi connectivity index (χ3n) is 8.06. The van der Waals surface area contributed by atoms with Gasteiger partial charge in [0.2, 0.25) is 0 Å². The summed E-state index contributed by atoms with van der Waals surface area (Å²) < 4.78 is 21.1. The second kappa shape index (κ2) is 8.51. The molecule has 2 heterocycles. The van der Waals surface area contributed by atoms with Crippen LogP contribution in [-0.4, -0.2) is 73.3 Å². The molecule has 1 spiro atoms. The topological polar surface area (TPSA) is 105 Å². The summed E-state index contributed by atoms with van der Waals surface area (Å²) in [7, 11) is 3.81. The summed E-state index contributed by atoms with van der Waals surface area (Å²) in [6.45, 7) is 1.97. The minimum atomic E-state index is -1.26. The van der Waals surface area contributed by atoms with E-state index in [9.17, 15) is 19.2 Å². The first-order valence-electron chi connectivity index (χ1n) is 10.9. The van der Waals surface area contributed by atoms with Crippen LogP contribution in [0.3, 0.4) is 0 Å². The molecule has 178 valence electrons. The average molecular weight is 487 g/mol. The van der Waals surface area contributed by atoms with Gasteiger partial charge in [-0.1, -0.05) is 6.92 Å². The van der Waals surface area contributed by atoms with Crippen molar-refractivity contribution >= 4 is 47.2 Å². The van der Waals surface area contributed by atoms with Crippen LogP contribution in [0.2, 0.25) is 0 Å². The fourth-order valence-corrected chi connectivity index (χ4v) is 10.2. The Bertz CT molecular complexity index is 809. The van der Waals surface area contributed by atoms with E-state index in [1.807, 2.05) is 0 Å². The molecule has 32 heavy (non-hydrogen) atoms. The lowest BCUT2D eigenvalue weighted by Crippen LogP contribution is -2.67. The summed E-state index contributed by atoms with van der Waals surface area (Å²) >= 11 is 3.50. The zero-order chi connectivity index (χ0) is 23.3. The van der Waals surface area contributed by atoms with E-state index in [0.717, 1.165) is 17.9 Å². The fourth-order valence-electron chi connectivity index (χ4n) is 6.57. The van der Waals surface area contributed by atoms with Crippen molar-refractivity contribution in [1.29, 1.82) is 0 Å². The number of hydrogen-bond acceptors (Lipinski definition) is 10. The normalized spacial score (nSPS) is 37.7. The van der Waals surface area contributed by atoms with Gasteiger partial charge in [0, 0.05) is 17.8 Å². The van der Waals surface area contributed by atoms with Crippen LogP contribution >= 0.6 is 23.5 Å². The van der Waals surface area contributed by atoms with E-state index in [-0.39, 0.29) is 24.9 Å². The predicted octanol–water partition coefficient (Wildman–Crippen LogP) is 2.08. The van der Waals surface area contributed by atoms with Crippen molar-refractivity contribution in [3.05, 3.63) is 0 Å². The SMILES string of the molecule is COC(=O)C(C(=O)OC)[C@H]1CC2(SCCCS2)[C@@H]2OC[C@]3(C(=O)OC)CCC(=O)[C@@]1(C)[C@@H]23. The molecule has 0 N–H and O–H groups in total. The summed E-state index contributed by atoms with van der Waals surface area (Å²) in [4.78, 5) is 52.5. The van der Waals surface area contributed by atoms with Gasteiger partial charge in [-0.3, -0.25) is 19.2 Å². The highest BCUT2D eigenvalue weighted by Crippen LogP contribution is 2.70. The van der Waals surface area contributed by atoms with E-state index < -0.39 is 50.6 Å². The quantitative estimate of drug-likeness (QED) is 0.333. The molecule has 8 nitrogen and oxygen atoms in total. The summed E-state index contributed by atoms with van der Waals surface area (Å²) in [6, 6.07) is 0. The predicted molar refractivity (Wildman–Crippen MR) is 118 cm³/mol. The smallest absolute Gasteiger partial charge is 0.320 e. The van der Waals surface area contributed by atoms with Gasteiger partial charge in [0.25, 0.3) is 0 Å². The molecule has 4 aliphatic rings. The van der Waals surface area contributed by atoms with Crippen LogP contribution in [0.1, 0.15) is 32.6 Å². The molecular weight excluding hydrogens is 456 g/mol. The first-order valence-corrected chi connectivity index (χ1v) is 12.9. The van der Waals surface area contributed by atoms with Gasteiger partial charge < -0.3 is 18.9 Å². The number of ether oxygens (including phenoxy) is 4. The highest BCUT2D eigenvalue weighted by molar-refractivity contribution is 8.18. The van der Waals surface area contributed by atoms with Gasteiger partial charge in [-0.05, 0) is 36.7 Å². The van der Waals surface area contributed by atoms with E-state index in [0.29, 0.717) is 12.8 Å². The Balaban J connectivity index is 1.92. The Hall–Kier alpha value is -1.26. The number of methoxy groups -OCH3 is 3. The summed E-state index contributed by atoms with van der Waals surface area (Å²) in [5.74, 6) is -2.51. The molecule has 10 heteroatoms. The van der Waals surface area contributed by atoms with Crippen LogP contribution in [0.15, 0.2) is 0 Å². The van der Waals surface area contributed by atoms with Crippen LogP contribution in [0, 0.1) is 28.6 Å². The van der Waals surface area contributed by atoms with Crippen molar-refractivity contribution in [1.82, 2.24) is 0 Å². The van der Waals surface area contributed by atoms with Gasteiger partial charge in [-0.25, -0.2) is 0 Å². The van der Waals surface area contributed by atoms with Gasteiger partial charge in [0.15, 0.2) is 5.92 Å². The number of Topliss-reactive ketones (excluding diaryl/α,β-unsaturated/α-hetero) is 1. The molecule has 0 amide bonds. The standard InChI is InChI=1S/C22H30O8S2/c1-20-12(14(17(24)27-2)18(25)28-3)10-22(31-8-5-9-32-22)16-15(20)21(11-30-16,19(26)29-4)7-6-13(20)23/h12,14-16H,5-11H2,1-4H3/t12-,15-,16-,20+,21-/m1/s1. The van der Waals surface area contributed by atoms with E-state index >= 15 is 0 Å². The molecule has 0 aromatic rings. The molecule has 0 unspecified atom stereocenters. The molecular formula is C22H30O8S2. The maximum absolute atomic E-state index is 13.6. The molecule has 4 rings (SSSR count). The van der Waals surface area contributed by atoms with Crippen molar-refractivity contribution < 1.29 is 38.1 Å². The van der Waals surface area contributed by atoms with Gasteiger partial charge >= 0.3 is 17.9 Å². The van der Waals surface area contributed by atoms with Crippen LogP contribution in [0.25, 0.3) is 0 Å². The van der Waals surface area contributed by atoms with E-state index in [4.69, 9.17) is 18.9 Å². The number of thioether (sulfide) groups is 2. The minimum absolute atomic E-state index is 0.0546. The number of carbonyl (C=O) groups excluding carboxylic acids is 4. The van der Waals surface area contributed by atoms with Gasteiger partial charge in [0.1, 0.15) is 5.78 Å². The van der Waals surface area contributed by atoms with Crippen molar-refractivity contribution in [2.24, 2.45) is 28.6 Å². The lowest BCUT2D eigenvalue weighted by Gasteiger charge is -2.60. The zero-order valence-corrected chi connectivity index (χ0v) is 20.5. The number of ketones is 1. The van der Waals surface area contributed by atoms with Crippen molar-refractivity contribution in [3.63, 3.8) is 0 Å². The highest BCUT2D eigenvalue weighted by Gasteiger charge is 2.76. The van der Waals surface area contributed by atoms with Gasteiger partial charge in [0.05, 0.1) is 43.5 Å². The Morgan fingerprint density at radius 3 is 2.25 bits per heavy atom. The lowest BCUT2D eigenvalue weighted by atomic mass is 9.45. The number of hydrogen-bond donors (Lipinski definition) is 0. The molecule has 2 saturated heterocycles. The maximum Gasteiger partial charge on any atom is 0.320 e. The molecule has 0 aromatic heterocycles. The van der Waals surface area contributed by atoms with Crippen LogP contribution in [-0.2, 0) is 38.1 Å². The van der Waals surface area contributed by atoms with Crippen molar-refractivity contribution in [2.45, 2.75) is 42.8 Å². The molecule has 0 bridgehead atoms. The Morgan fingerprint density at radius 2 is 1.69 bits per heavy atom. The van der Waals surface area contributed by atoms with Crippen LogP contribution in [0.5, 0.6) is 0 Å². The third kappa shape index (κ3) is 3.15. The Morgan fingerprint density at radius 1 is 1.06 bits per heavy atom. The monoisotopic (exact) mass is 486 g/mol. The number of fused-ring (bicyclic) bond motifs is 1. The number of esters is 3. The number of carbonyl (C=O) groups is 4. The lowest BCUT2D eigenvalue weighted by molar-refractivity contribution is -0.181. The zero-order valence-electron chi connectivity index (χ0n) is 18.8. The first-order chi connectivity index (χ1) is 15.2. The molecule has 2 saturated carbocycles. The van der Waals surface area contributed by atoms with E-state index in [2.05, 4.69) is 0 Å². The van der Waals surface area contributed by atoms with E-state index in [1.165, 1.54) is 21.3 Å². The molecule has 5 atom stereocenters. The molecule has 0 radical (unpaired) electrons. The Kier molecular flexibility index (Phi) is 6.35.